The fourth-order valence-corrected chi connectivity index (χ4v) is 4.52. The minimum atomic E-state index is -4.38. The minimum Gasteiger partial charge on any atom is -0.489 e. The Labute approximate surface area is 214 Å². The van der Waals surface area contributed by atoms with Crippen LogP contribution in [0, 0.1) is 0 Å². The number of hydrogen-bond donors (Lipinski definition) is 1. The zero-order valence-corrected chi connectivity index (χ0v) is 20.2. The van der Waals surface area contributed by atoms with Crippen molar-refractivity contribution in [2.45, 2.75) is 32.4 Å². The summed E-state index contributed by atoms with van der Waals surface area (Å²) in [5.74, 6) is 0.748. The molecule has 5 rings (SSSR count). The summed E-state index contributed by atoms with van der Waals surface area (Å²) in [7, 11) is 0. The molecule has 0 aliphatic carbocycles. The molecule has 1 heterocycles. The average Bonchev–Trinajstić information content (AvgIpc) is 3.24. The summed E-state index contributed by atoms with van der Waals surface area (Å²) in [6.45, 7) is 1.69. The number of nitrogens with zero attached hydrogens (tertiary/aromatic N) is 1. The van der Waals surface area contributed by atoms with Gasteiger partial charge in [0.2, 0.25) is 0 Å². The zero-order valence-electron chi connectivity index (χ0n) is 20.2. The Kier molecular flexibility index (Phi) is 7.28. The van der Waals surface area contributed by atoms with Crippen LogP contribution in [0.25, 0.3) is 10.9 Å². The van der Waals surface area contributed by atoms with Crippen LogP contribution in [-0.4, -0.2) is 4.57 Å². The van der Waals surface area contributed by atoms with Crippen LogP contribution in [0.3, 0.4) is 0 Å². The van der Waals surface area contributed by atoms with Crippen LogP contribution in [0.1, 0.15) is 27.8 Å². The number of benzene rings is 4. The van der Waals surface area contributed by atoms with Crippen molar-refractivity contribution < 1.29 is 17.9 Å². The van der Waals surface area contributed by atoms with Gasteiger partial charge in [-0.25, -0.2) is 0 Å². The molecule has 0 fully saturated rings. The molecule has 0 unspecified atom stereocenters. The van der Waals surface area contributed by atoms with Crippen molar-refractivity contribution >= 4 is 10.9 Å². The SMILES string of the molecule is FC(F)(F)c1ccccc1CNCc1cn(Cc2ccccc2)c2ccc(OCc3ccccc3)cc12. The first-order chi connectivity index (χ1) is 18.0. The van der Waals surface area contributed by atoms with E-state index in [2.05, 4.69) is 28.2 Å². The van der Waals surface area contributed by atoms with Crippen LogP contribution in [0.15, 0.2) is 109 Å². The molecule has 1 N–H and O–H groups in total. The second-order valence-corrected chi connectivity index (χ2v) is 8.98. The van der Waals surface area contributed by atoms with Crippen molar-refractivity contribution in [3.8, 4) is 5.75 Å². The third-order valence-corrected chi connectivity index (χ3v) is 6.33. The van der Waals surface area contributed by atoms with E-state index in [9.17, 15) is 13.2 Å². The van der Waals surface area contributed by atoms with Gasteiger partial charge in [0.15, 0.2) is 0 Å². The van der Waals surface area contributed by atoms with E-state index < -0.39 is 11.7 Å². The second-order valence-electron chi connectivity index (χ2n) is 8.98. The maximum atomic E-state index is 13.4. The highest BCUT2D eigenvalue weighted by Gasteiger charge is 2.32. The van der Waals surface area contributed by atoms with Crippen molar-refractivity contribution in [2.75, 3.05) is 0 Å². The van der Waals surface area contributed by atoms with Gasteiger partial charge in [0.1, 0.15) is 12.4 Å². The van der Waals surface area contributed by atoms with Crippen molar-refractivity contribution in [3.05, 3.63) is 137 Å². The smallest absolute Gasteiger partial charge is 0.416 e. The predicted octanol–water partition coefficient (Wildman–Crippen LogP) is 7.58. The normalized spacial score (nSPS) is 11.6. The monoisotopic (exact) mass is 500 g/mol. The largest absolute Gasteiger partial charge is 0.489 e. The van der Waals surface area contributed by atoms with Gasteiger partial charge in [0, 0.05) is 36.7 Å². The molecule has 0 saturated carbocycles. The molecule has 0 spiro atoms. The number of halogens is 3. The standard InChI is InChI=1S/C31H27F3N2O/c32-31(33,34)29-14-8-7-13-25(29)18-35-19-26-21-36(20-23-9-3-1-4-10-23)30-16-15-27(17-28(26)30)37-22-24-11-5-2-6-12-24/h1-17,21,35H,18-20,22H2. The number of alkyl halides is 3. The molecule has 37 heavy (non-hydrogen) atoms. The molecule has 3 nitrogen and oxygen atoms in total. The highest BCUT2D eigenvalue weighted by Crippen LogP contribution is 2.32. The fourth-order valence-electron chi connectivity index (χ4n) is 4.52. The van der Waals surface area contributed by atoms with Crippen LogP contribution in [0.2, 0.25) is 0 Å². The van der Waals surface area contributed by atoms with E-state index >= 15 is 0 Å². The molecule has 5 aromatic rings. The minimum absolute atomic E-state index is 0.116. The maximum absolute atomic E-state index is 13.4. The Morgan fingerprint density at radius 3 is 2.08 bits per heavy atom. The van der Waals surface area contributed by atoms with E-state index in [1.807, 2.05) is 66.7 Å². The summed E-state index contributed by atoms with van der Waals surface area (Å²) in [6, 6.07) is 31.8. The van der Waals surface area contributed by atoms with E-state index in [1.165, 1.54) is 17.7 Å². The van der Waals surface area contributed by atoms with Gasteiger partial charge in [-0.05, 0) is 46.5 Å². The summed E-state index contributed by atoms with van der Waals surface area (Å²) in [5, 5.41) is 4.24. The first kappa shape index (κ1) is 24.7. The van der Waals surface area contributed by atoms with Crippen LogP contribution in [0.4, 0.5) is 13.2 Å². The summed E-state index contributed by atoms with van der Waals surface area (Å²) in [4.78, 5) is 0. The Bertz CT molecular complexity index is 1460. The highest BCUT2D eigenvalue weighted by atomic mass is 19.4. The molecular weight excluding hydrogens is 473 g/mol. The summed E-state index contributed by atoms with van der Waals surface area (Å²) >= 11 is 0. The lowest BCUT2D eigenvalue weighted by molar-refractivity contribution is -0.138. The molecule has 6 heteroatoms. The van der Waals surface area contributed by atoms with Crippen LogP contribution in [0.5, 0.6) is 5.75 Å². The maximum Gasteiger partial charge on any atom is 0.416 e. The number of rotatable bonds is 9. The lowest BCUT2D eigenvalue weighted by Gasteiger charge is -2.13. The van der Waals surface area contributed by atoms with Gasteiger partial charge in [-0.15, -0.1) is 0 Å². The second kappa shape index (κ2) is 10.9. The van der Waals surface area contributed by atoms with E-state index in [-0.39, 0.29) is 12.1 Å². The molecule has 0 bridgehead atoms. The zero-order chi connectivity index (χ0) is 25.7. The third-order valence-electron chi connectivity index (χ3n) is 6.33. The summed E-state index contributed by atoms with van der Waals surface area (Å²) in [6.07, 6.45) is -2.31. The van der Waals surface area contributed by atoms with Crippen LogP contribution in [-0.2, 0) is 32.4 Å². The Morgan fingerprint density at radius 2 is 1.35 bits per heavy atom. The van der Waals surface area contributed by atoms with Crippen molar-refractivity contribution in [1.82, 2.24) is 9.88 Å². The third kappa shape index (κ3) is 6.04. The first-order valence-electron chi connectivity index (χ1n) is 12.2. The van der Waals surface area contributed by atoms with E-state index in [0.29, 0.717) is 19.7 Å². The van der Waals surface area contributed by atoms with E-state index in [1.54, 1.807) is 6.07 Å². The van der Waals surface area contributed by atoms with Gasteiger partial charge in [-0.2, -0.15) is 13.2 Å². The molecule has 188 valence electrons. The Morgan fingerprint density at radius 1 is 0.703 bits per heavy atom. The first-order valence-corrected chi connectivity index (χ1v) is 12.2. The van der Waals surface area contributed by atoms with Gasteiger partial charge in [0.25, 0.3) is 0 Å². The average molecular weight is 501 g/mol. The molecule has 0 radical (unpaired) electrons. The van der Waals surface area contributed by atoms with E-state index in [0.717, 1.165) is 33.8 Å². The number of fused-ring (bicyclic) bond motifs is 1. The summed E-state index contributed by atoms with van der Waals surface area (Å²) in [5.41, 5.74) is 3.92. The van der Waals surface area contributed by atoms with Crippen LogP contribution >= 0.6 is 0 Å². The number of nitrogens with one attached hydrogen (secondary N) is 1. The van der Waals surface area contributed by atoms with Gasteiger partial charge in [-0.3, -0.25) is 0 Å². The Balaban J connectivity index is 1.39. The molecule has 1 aromatic heterocycles. The highest BCUT2D eigenvalue weighted by molar-refractivity contribution is 5.85. The quantitative estimate of drug-likeness (QED) is 0.226. The molecule has 0 amide bonds. The summed E-state index contributed by atoms with van der Waals surface area (Å²) < 4.78 is 48.5. The van der Waals surface area contributed by atoms with Gasteiger partial charge < -0.3 is 14.6 Å². The topological polar surface area (TPSA) is 26.2 Å². The number of hydrogen-bond acceptors (Lipinski definition) is 2. The molecular formula is C31H27F3N2O. The van der Waals surface area contributed by atoms with Crippen LogP contribution < -0.4 is 10.1 Å². The molecule has 0 aliphatic heterocycles. The van der Waals surface area contributed by atoms with Gasteiger partial charge >= 0.3 is 6.18 Å². The number of aromatic nitrogens is 1. The molecule has 0 saturated heterocycles. The fraction of sp³-hybridized carbons (Fsp3) is 0.161. The van der Waals surface area contributed by atoms with Crippen molar-refractivity contribution in [3.63, 3.8) is 0 Å². The number of ether oxygens (including phenoxy) is 1. The van der Waals surface area contributed by atoms with E-state index in [4.69, 9.17) is 4.74 Å². The van der Waals surface area contributed by atoms with Crippen molar-refractivity contribution in [1.29, 1.82) is 0 Å². The van der Waals surface area contributed by atoms with Gasteiger partial charge in [-0.1, -0.05) is 78.9 Å². The Hall–Kier alpha value is -4.03. The lowest BCUT2D eigenvalue weighted by Crippen LogP contribution is -2.17. The molecule has 4 aromatic carbocycles. The predicted molar refractivity (Wildman–Crippen MR) is 140 cm³/mol. The lowest BCUT2D eigenvalue weighted by atomic mass is 10.1. The molecule has 0 aliphatic rings. The van der Waals surface area contributed by atoms with Crippen molar-refractivity contribution in [2.24, 2.45) is 0 Å². The molecule has 0 atom stereocenters. The van der Waals surface area contributed by atoms with Gasteiger partial charge in [0.05, 0.1) is 5.56 Å².